The van der Waals surface area contributed by atoms with Crippen molar-refractivity contribution in [3.05, 3.63) is 65.9 Å². The molecule has 0 saturated carbocycles. The van der Waals surface area contributed by atoms with E-state index in [1.807, 2.05) is 38.1 Å². The number of nitrogens with zero attached hydrogens (tertiary/aromatic N) is 1. The van der Waals surface area contributed by atoms with Crippen LogP contribution in [0.25, 0.3) is 0 Å². The van der Waals surface area contributed by atoms with Crippen LogP contribution < -0.4 is 10.0 Å². The zero-order valence-corrected chi connectivity index (χ0v) is 18.5. The smallest absolute Gasteiger partial charge is 0.263 e. The fourth-order valence-electron chi connectivity index (χ4n) is 2.65. The van der Waals surface area contributed by atoms with Gasteiger partial charge in [-0.2, -0.15) is 0 Å². The van der Waals surface area contributed by atoms with Crippen LogP contribution >= 0.6 is 11.8 Å². The van der Waals surface area contributed by atoms with Crippen LogP contribution in [0.5, 0.6) is 0 Å². The monoisotopic (exact) mass is 445 g/mol. The molecule has 0 radical (unpaired) electrons. The first-order valence-electron chi connectivity index (χ1n) is 9.37. The number of benzene rings is 2. The van der Waals surface area contributed by atoms with Crippen molar-refractivity contribution >= 4 is 39.2 Å². The number of amides is 1. The summed E-state index contributed by atoms with van der Waals surface area (Å²) in [6.07, 6.45) is 0.665. The number of nitrogens with one attached hydrogen (secondary N) is 2. The molecule has 1 amide bonds. The van der Waals surface area contributed by atoms with Gasteiger partial charge in [-0.1, -0.05) is 29.8 Å². The van der Waals surface area contributed by atoms with Crippen LogP contribution in [0.1, 0.15) is 24.7 Å². The average Bonchev–Trinajstić information content (AvgIpc) is 3.11. The van der Waals surface area contributed by atoms with Crippen LogP contribution in [0.15, 0.2) is 68.9 Å². The third-order valence-electron chi connectivity index (χ3n) is 4.26. The van der Waals surface area contributed by atoms with Gasteiger partial charge in [-0.3, -0.25) is 9.52 Å². The number of aromatic nitrogens is 1. The van der Waals surface area contributed by atoms with Crippen molar-refractivity contribution in [3.63, 3.8) is 0 Å². The quantitative estimate of drug-likeness (QED) is 0.491. The van der Waals surface area contributed by atoms with Crippen molar-refractivity contribution in [1.82, 2.24) is 5.16 Å². The first-order valence-corrected chi connectivity index (χ1v) is 11.7. The first kappa shape index (κ1) is 21.9. The summed E-state index contributed by atoms with van der Waals surface area (Å²) in [4.78, 5) is 13.7. The molecule has 0 aliphatic carbocycles. The Morgan fingerprint density at radius 3 is 2.33 bits per heavy atom. The van der Waals surface area contributed by atoms with Crippen LogP contribution in [-0.2, 0) is 14.8 Å². The van der Waals surface area contributed by atoms with Crippen LogP contribution in [0.3, 0.4) is 0 Å². The zero-order chi connectivity index (χ0) is 21.7. The van der Waals surface area contributed by atoms with Crippen molar-refractivity contribution in [2.24, 2.45) is 0 Å². The van der Waals surface area contributed by atoms with E-state index >= 15 is 0 Å². The molecular formula is C21H23N3O4S2. The van der Waals surface area contributed by atoms with E-state index in [2.05, 4.69) is 15.2 Å². The highest BCUT2D eigenvalue weighted by molar-refractivity contribution is 8.00. The summed E-state index contributed by atoms with van der Waals surface area (Å²) < 4.78 is 32.1. The van der Waals surface area contributed by atoms with E-state index < -0.39 is 10.0 Å². The number of hydrogen-bond donors (Lipinski definition) is 2. The van der Waals surface area contributed by atoms with Gasteiger partial charge >= 0.3 is 0 Å². The van der Waals surface area contributed by atoms with E-state index in [0.29, 0.717) is 17.9 Å². The lowest BCUT2D eigenvalue weighted by atomic mass is 10.2. The van der Waals surface area contributed by atoms with E-state index in [0.717, 1.165) is 4.90 Å². The minimum absolute atomic E-state index is 0.0576. The Morgan fingerprint density at radius 2 is 1.77 bits per heavy atom. The number of aryl methyl sites for hydroxylation is 2. The molecule has 0 spiro atoms. The van der Waals surface area contributed by atoms with E-state index in [9.17, 15) is 13.2 Å². The molecule has 0 aliphatic rings. The van der Waals surface area contributed by atoms with Crippen LogP contribution in [-0.4, -0.2) is 24.7 Å². The fraction of sp³-hybridized carbons (Fsp3) is 0.238. The van der Waals surface area contributed by atoms with Gasteiger partial charge in [0, 0.05) is 16.6 Å². The number of sulfonamides is 1. The predicted octanol–water partition coefficient (Wildman–Crippen LogP) is 4.60. The Morgan fingerprint density at radius 1 is 1.10 bits per heavy atom. The van der Waals surface area contributed by atoms with Crippen molar-refractivity contribution in [1.29, 1.82) is 0 Å². The molecule has 7 nitrogen and oxygen atoms in total. The summed E-state index contributed by atoms with van der Waals surface area (Å²) in [5.41, 5.74) is 1.69. The van der Waals surface area contributed by atoms with Gasteiger partial charge in [0.2, 0.25) is 5.91 Å². The van der Waals surface area contributed by atoms with Crippen LogP contribution in [0.2, 0.25) is 0 Å². The summed E-state index contributed by atoms with van der Waals surface area (Å²) in [5.74, 6) is 0.485. The van der Waals surface area contributed by atoms with Crippen LogP contribution in [0, 0.1) is 13.8 Å². The highest BCUT2D eigenvalue weighted by atomic mass is 32.2. The second-order valence-corrected chi connectivity index (χ2v) is 9.73. The molecule has 0 bridgehead atoms. The molecule has 0 saturated heterocycles. The molecule has 3 rings (SSSR count). The Hall–Kier alpha value is -2.78. The second-order valence-electron chi connectivity index (χ2n) is 6.77. The molecule has 1 aromatic heterocycles. The number of rotatable bonds is 8. The van der Waals surface area contributed by atoms with Crippen LogP contribution in [0.4, 0.5) is 11.5 Å². The molecule has 1 heterocycles. The van der Waals surface area contributed by atoms with Gasteiger partial charge in [0.25, 0.3) is 10.0 Å². The normalized spacial score (nSPS) is 12.4. The van der Waals surface area contributed by atoms with E-state index in [1.165, 1.54) is 35.5 Å². The van der Waals surface area contributed by atoms with Gasteiger partial charge in [-0.15, -0.1) is 11.8 Å². The minimum atomic E-state index is -3.80. The topological polar surface area (TPSA) is 101 Å². The largest absolute Gasteiger partial charge is 0.360 e. The molecule has 1 atom stereocenters. The maximum Gasteiger partial charge on any atom is 0.263 e. The molecule has 2 aromatic carbocycles. The third-order valence-corrected chi connectivity index (χ3v) is 7.01. The lowest BCUT2D eigenvalue weighted by Gasteiger charge is -2.15. The lowest BCUT2D eigenvalue weighted by Crippen LogP contribution is -2.24. The van der Waals surface area contributed by atoms with Crippen molar-refractivity contribution in [2.45, 2.75) is 42.2 Å². The zero-order valence-electron chi connectivity index (χ0n) is 16.9. The standard InChI is InChI=1S/C21H23N3O4S2/c1-4-19(29-17-9-5-14(2)6-10-17)21(25)22-16-7-11-18(12-8-16)30(26,27)24-20-13-15(3)28-23-20/h5-13,19H,4H2,1-3H3,(H,22,25)(H,23,24). The molecule has 2 N–H and O–H groups in total. The van der Waals surface area contributed by atoms with E-state index in [1.54, 1.807) is 19.1 Å². The molecule has 0 aliphatic heterocycles. The Balaban J connectivity index is 1.65. The number of carbonyl (C=O) groups excluding carboxylic acids is 1. The molecule has 9 heteroatoms. The Labute approximate surface area is 180 Å². The number of hydrogen-bond acceptors (Lipinski definition) is 6. The fourth-order valence-corrected chi connectivity index (χ4v) is 4.59. The minimum Gasteiger partial charge on any atom is -0.360 e. The highest BCUT2D eigenvalue weighted by Crippen LogP contribution is 2.27. The number of anilines is 2. The number of thioether (sulfide) groups is 1. The third kappa shape index (κ3) is 5.64. The summed E-state index contributed by atoms with van der Waals surface area (Å²) in [6, 6.07) is 15.5. The summed E-state index contributed by atoms with van der Waals surface area (Å²) in [5, 5.41) is 6.22. The molecule has 0 fully saturated rings. The van der Waals surface area contributed by atoms with E-state index in [-0.39, 0.29) is 21.9 Å². The lowest BCUT2D eigenvalue weighted by molar-refractivity contribution is -0.115. The predicted molar refractivity (Wildman–Crippen MR) is 118 cm³/mol. The first-order chi connectivity index (χ1) is 14.3. The molecule has 3 aromatic rings. The summed E-state index contributed by atoms with van der Waals surface area (Å²) >= 11 is 1.50. The van der Waals surface area contributed by atoms with Gasteiger partial charge in [-0.25, -0.2) is 8.42 Å². The molecule has 1 unspecified atom stereocenters. The van der Waals surface area contributed by atoms with Gasteiger partial charge in [0.15, 0.2) is 5.82 Å². The van der Waals surface area contributed by atoms with Gasteiger partial charge in [-0.05, 0) is 56.7 Å². The Bertz CT molecular complexity index is 1110. The molecule has 158 valence electrons. The SMILES string of the molecule is CCC(Sc1ccc(C)cc1)C(=O)Nc1ccc(S(=O)(=O)Nc2cc(C)on2)cc1. The average molecular weight is 446 g/mol. The van der Waals surface area contributed by atoms with Crippen molar-refractivity contribution in [3.8, 4) is 0 Å². The maximum atomic E-state index is 12.7. The van der Waals surface area contributed by atoms with Gasteiger partial charge in [0.05, 0.1) is 10.1 Å². The van der Waals surface area contributed by atoms with Crippen molar-refractivity contribution < 1.29 is 17.7 Å². The molecular weight excluding hydrogens is 422 g/mol. The summed E-state index contributed by atoms with van der Waals surface area (Å²) in [6.45, 7) is 5.64. The van der Waals surface area contributed by atoms with Gasteiger partial charge < -0.3 is 9.84 Å². The van der Waals surface area contributed by atoms with Gasteiger partial charge in [0.1, 0.15) is 5.76 Å². The second kappa shape index (κ2) is 9.36. The molecule has 30 heavy (non-hydrogen) atoms. The van der Waals surface area contributed by atoms with Crippen molar-refractivity contribution in [2.75, 3.05) is 10.0 Å². The van der Waals surface area contributed by atoms with E-state index in [4.69, 9.17) is 4.52 Å². The number of carbonyl (C=O) groups is 1. The highest BCUT2D eigenvalue weighted by Gasteiger charge is 2.19. The Kier molecular flexibility index (Phi) is 6.84. The maximum absolute atomic E-state index is 12.7. The summed E-state index contributed by atoms with van der Waals surface area (Å²) in [7, 11) is -3.80.